The van der Waals surface area contributed by atoms with Crippen LogP contribution in [0.5, 0.6) is 0 Å². The van der Waals surface area contributed by atoms with Gasteiger partial charge in [-0.3, -0.25) is 4.90 Å². The van der Waals surface area contributed by atoms with E-state index in [2.05, 4.69) is 9.97 Å². The Morgan fingerprint density at radius 3 is 2.19 bits per heavy atom. The van der Waals surface area contributed by atoms with Gasteiger partial charge in [0.05, 0.1) is 6.04 Å². The first kappa shape index (κ1) is 16.1. The maximum Gasteiger partial charge on any atom is 0.297 e. The smallest absolute Gasteiger partial charge is 0.297 e. The van der Waals surface area contributed by atoms with Gasteiger partial charge in [0.2, 0.25) is 0 Å². The summed E-state index contributed by atoms with van der Waals surface area (Å²) < 4.78 is 25.2. The molecular formula is C14H13Cl2F2N3. The minimum absolute atomic E-state index is 0.0222. The standard InChI is InChI=1S/C14H13Cl2F2N3/c1-21(2)11(8-3-5-9(15)6-4-8)10-7-19-14(13(17)18)20-12(10)16/h3-7,11,13H,1-2H3. The second-order valence-electron chi connectivity index (χ2n) is 4.69. The third-order valence-corrected chi connectivity index (χ3v) is 3.53. The zero-order valence-corrected chi connectivity index (χ0v) is 12.9. The van der Waals surface area contributed by atoms with Gasteiger partial charge in [0.1, 0.15) is 5.15 Å². The van der Waals surface area contributed by atoms with Crippen molar-refractivity contribution in [2.45, 2.75) is 12.5 Å². The molecule has 0 aliphatic heterocycles. The quantitative estimate of drug-likeness (QED) is 0.779. The number of alkyl halides is 2. The van der Waals surface area contributed by atoms with E-state index in [9.17, 15) is 8.78 Å². The molecule has 0 fully saturated rings. The molecular weight excluding hydrogens is 319 g/mol. The number of aromatic nitrogens is 2. The van der Waals surface area contributed by atoms with Crippen molar-refractivity contribution in [2.24, 2.45) is 0 Å². The first-order valence-electron chi connectivity index (χ1n) is 6.12. The Morgan fingerprint density at radius 1 is 1.10 bits per heavy atom. The van der Waals surface area contributed by atoms with Crippen LogP contribution in [0, 0.1) is 0 Å². The molecule has 2 aromatic rings. The fourth-order valence-corrected chi connectivity index (χ4v) is 2.44. The lowest BCUT2D eigenvalue weighted by molar-refractivity contribution is 0.140. The van der Waals surface area contributed by atoms with Crippen LogP contribution in [0.4, 0.5) is 8.78 Å². The van der Waals surface area contributed by atoms with Crippen LogP contribution in [0.15, 0.2) is 30.5 Å². The molecule has 1 unspecified atom stereocenters. The number of hydrogen-bond donors (Lipinski definition) is 0. The minimum atomic E-state index is -2.75. The summed E-state index contributed by atoms with van der Waals surface area (Å²) in [4.78, 5) is 9.26. The summed E-state index contributed by atoms with van der Waals surface area (Å²) in [5, 5.41) is 0.639. The molecule has 0 spiro atoms. The number of halogens is 4. The summed E-state index contributed by atoms with van der Waals surface area (Å²) in [5.41, 5.74) is 1.48. The van der Waals surface area contributed by atoms with Crippen LogP contribution in [0.3, 0.4) is 0 Å². The van der Waals surface area contributed by atoms with Gasteiger partial charge >= 0.3 is 0 Å². The van der Waals surface area contributed by atoms with Crippen LogP contribution in [-0.2, 0) is 0 Å². The van der Waals surface area contributed by atoms with Gasteiger partial charge in [0.15, 0.2) is 5.82 Å². The van der Waals surface area contributed by atoms with Gasteiger partial charge in [-0.15, -0.1) is 0 Å². The zero-order valence-electron chi connectivity index (χ0n) is 11.4. The molecule has 112 valence electrons. The number of benzene rings is 1. The van der Waals surface area contributed by atoms with E-state index in [0.717, 1.165) is 5.56 Å². The molecule has 0 aliphatic carbocycles. The van der Waals surface area contributed by atoms with Crippen LogP contribution in [-0.4, -0.2) is 29.0 Å². The zero-order chi connectivity index (χ0) is 15.6. The maximum atomic E-state index is 12.6. The van der Waals surface area contributed by atoms with E-state index in [1.54, 1.807) is 12.1 Å². The highest BCUT2D eigenvalue weighted by molar-refractivity contribution is 6.30. The molecule has 3 nitrogen and oxygen atoms in total. The fourth-order valence-electron chi connectivity index (χ4n) is 2.07. The second kappa shape index (κ2) is 6.64. The van der Waals surface area contributed by atoms with E-state index >= 15 is 0 Å². The topological polar surface area (TPSA) is 29.0 Å². The average Bonchev–Trinajstić information content (AvgIpc) is 2.42. The number of nitrogens with zero attached hydrogens (tertiary/aromatic N) is 3. The average molecular weight is 332 g/mol. The predicted molar refractivity (Wildman–Crippen MR) is 79.0 cm³/mol. The van der Waals surface area contributed by atoms with Crippen molar-refractivity contribution < 1.29 is 8.78 Å². The lowest BCUT2D eigenvalue weighted by atomic mass is 10.0. The third-order valence-electron chi connectivity index (χ3n) is 2.98. The summed E-state index contributed by atoms with van der Waals surface area (Å²) in [5.74, 6) is -0.572. The van der Waals surface area contributed by atoms with E-state index in [1.165, 1.54) is 6.20 Å². The molecule has 21 heavy (non-hydrogen) atoms. The lowest BCUT2D eigenvalue weighted by Crippen LogP contribution is -2.22. The summed E-state index contributed by atoms with van der Waals surface area (Å²) in [6.45, 7) is 0. The highest BCUT2D eigenvalue weighted by Crippen LogP contribution is 2.32. The molecule has 0 N–H and O–H groups in total. The van der Waals surface area contributed by atoms with Crippen molar-refractivity contribution in [1.82, 2.24) is 14.9 Å². The third kappa shape index (κ3) is 3.67. The van der Waals surface area contributed by atoms with E-state index in [4.69, 9.17) is 23.2 Å². The molecule has 0 saturated heterocycles. The summed E-state index contributed by atoms with van der Waals surface area (Å²) in [6, 6.07) is 6.97. The Balaban J connectivity index is 2.46. The lowest BCUT2D eigenvalue weighted by Gasteiger charge is -2.25. The van der Waals surface area contributed by atoms with Crippen LogP contribution in [0.2, 0.25) is 10.2 Å². The number of hydrogen-bond acceptors (Lipinski definition) is 3. The highest BCUT2D eigenvalue weighted by atomic mass is 35.5. The Bertz CT molecular complexity index is 618. The molecule has 1 atom stereocenters. The van der Waals surface area contributed by atoms with Gasteiger partial charge in [-0.05, 0) is 31.8 Å². The number of rotatable bonds is 4. The van der Waals surface area contributed by atoms with Gasteiger partial charge in [-0.2, -0.15) is 0 Å². The van der Waals surface area contributed by atoms with Crippen molar-refractivity contribution >= 4 is 23.2 Å². The molecule has 0 radical (unpaired) electrons. The van der Waals surface area contributed by atoms with Crippen LogP contribution in [0.1, 0.15) is 29.4 Å². The molecule has 0 saturated carbocycles. The highest BCUT2D eigenvalue weighted by Gasteiger charge is 2.22. The van der Waals surface area contributed by atoms with E-state index < -0.39 is 12.2 Å². The monoisotopic (exact) mass is 331 g/mol. The summed E-state index contributed by atoms with van der Waals surface area (Å²) >= 11 is 11.9. The maximum absolute atomic E-state index is 12.6. The van der Waals surface area contributed by atoms with Crippen molar-refractivity contribution in [1.29, 1.82) is 0 Å². The molecule has 2 rings (SSSR count). The molecule has 1 aromatic heterocycles. The molecule has 0 amide bonds. The first-order chi connectivity index (χ1) is 9.90. The Kier molecular flexibility index (Phi) is 5.08. The predicted octanol–water partition coefficient (Wildman–Crippen LogP) is 4.37. The summed E-state index contributed by atoms with van der Waals surface area (Å²) in [6.07, 6.45) is -1.40. The molecule has 7 heteroatoms. The Labute approximate surface area is 131 Å². The van der Waals surface area contributed by atoms with E-state index in [1.807, 2.05) is 31.1 Å². The molecule has 1 aromatic carbocycles. The van der Waals surface area contributed by atoms with Crippen LogP contribution < -0.4 is 0 Å². The van der Waals surface area contributed by atoms with Gasteiger partial charge in [-0.1, -0.05) is 35.3 Å². The fraction of sp³-hybridized carbons (Fsp3) is 0.286. The normalized spacial score (nSPS) is 13.0. The van der Waals surface area contributed by atoms with Gasteiger partial charge in [0, 0.05) is 16.8 Å². The Morgan fingerprint density at radius 2 is 1.71 bits per heavy atom. The van der Waals surface area contributed by atoms with Gasteiger partial charge < -0.3 is 0 Å². The molecule has 1 heterocycles. The van der Waals surface area contributed by atoms with E-state index in [0.29, 0.717) is 10.6 Å². The SMILES string of the molecule is CN(C)C(c1ccc(Cl)cc1)c1cnc(C(F)F)nc1Cl. The van der Waals surface area contributed by atoms with Crippen LogP contribution in [0.25, 0.3) is 0 Å². The second-order valence-corrected chi connectivity index (χ2v) is 5.49. The van der Waals surface area contributed by atoms with Crippen molar-refractivity contribution in [3.8, 4) is 0 Å². The van der Waals surface area contributed by atoms with Crippen molar-refractivity contribution in [3.05, 3.63) is 57.6 Å². The van der Waals surface area contributed by atoms with Crippen molar-refractivity contribution in [2.75, 3.05) is 14.1 Å². The largest absolute Gasteiger partial charge is 0.298 e. The Hall–Kier alpha value is -1.30. The van der Waals surface area contributed by atoms with Gasteiger partial charge in [0.25, 0.3) is 6.43 Å². The van der Waals surface area contributed by atoms with Crippen molar-refractivity contribution in [3.63, 3.8) is 0 Å². The molecule has 0 bridgehead atoms. The minimum Gasteiger partial charge on any atom is -0.298 e. The summed E-state index contributed by atoms with van der Waals surface area (Å²) in [7, 11) is 3.72. The van der Waals surface area contributed by atoms with Crippen LogP contribution >= 0.6 is 23.2 Å². The van der Waals surface area contributed by atoms with E-state index in [-0.39, 0.29) is 11.2 Å². The van der Waals surface area contributed by atoms with Gasteiger partial charge in [-0.25, -0.2) is 18.7 Å². The molecule has 0 aliphatic rings. The first-order valence-corrected chi connectivity index (χ1v) is 6.88.